The molecule has 0 unspecified atom stereocenters. The summed E-state index contributed by atoms with van der Waals surface area (Å²) < 4.78 is 0. The third kappa shape index (κ3) is 390. The Balaban J connectivity index is -0.00000000125. The number of hydrogen-bond acceptors (Lipinski definition) is 0. The summed E-state index contributed by atoms with van der Waals surface area (Å²) in [5.74, 6) is 1.13. The molecule has 308 valence electrons. The molecule has 0 saturated carbocycles. The van der Waals surface area contributed by atoms with Crippen molar-refractivity contribution in [3.05, 3.63) is 88.1 Å². The zero-order chi connectivity index (χ0) is 20.5. The standard InChI is InChI=1S/C9H18.4C3H8.C2H6.10CH3.28Y/c1-7(2)9(5,6)8(3)4;4*1-3-2;1-2;;;;;;;;;;;;;;;;;;;;;;;;;;;;;;;;;;;;;;/h7-8H,5-6H2,1-4H3;4*3H2,1-2H3;1-2H3;10*1H3;;;;;;;;;;;;;;;;;;;;;;;;;;;;/q-2;;;;;;10*-1;;;;;;;;;;;;;;;;;;;;;;;;;;;2*+3. The summed E-state index contributed by atoms with van der Waals surface area (Å²) in [6, 6.07) is 0. The molecule has 0 aliphatic heterocycles. The van der Waals surface area contributed by atoms with E-state index < -0.39 is 0 Å². The molecule has 0 spiro atoms. The number of rotatable bonds is 2. The first-order valence-electron chi connectivity index (χ1n) is 10.3. The second-order valence-electron chi connectivity index (χ2n) is 6.37. The molecule has 0 fully saturated rings. The minimum atomic E-state index is 0. The van der Waals surface area contributed by atoms with Gasteiger partial charge in [-0.25, -0.2) is 0 Å². The average Bonchev–Trinajstić information content (AvgIpc) is 2.44. The Morgan fingerprint density at radius 3 is 0.279 bits per heavy atom. The topological polar surface area (TPSA) is 0 Å². The maximum absolute atomic E-state index is 4.06. The van der Waals surface area contributed by atoms with Crippen molar-refractivity contribution in [1.29, 1.82) is 0 Å². The van der Waals surface area contributed by atoms with Gasteiger partial charge < -0.3 is 88.1 Å². The Bertz CT molecular complexity index is 163. The van der Waals surface area contributed by atoms with Gasteiger partial charge in [0.2, 0.25) is 0 Å². The molecule has 28 heteroatoms. The van der Waals surface area contributed by atoms with Crippen LogP contribution < -0.4 is 0 Å². The summed E-state index contributed by atoms with van der Waals surface area (Å²) in [7, 11) is 0. The minimum absolute atomic E-state index is 0. The third-order valence-corrected chi connectivity index (χ3v) is 2.30. The van der Waals surface area contributed by atoms with Gasteiger partial charge in [0.1, 0.15) is 0 Å². The maximum atomic E-state index is 4.06. The predicted octanol–water partition coefficient (Wildman–Crippen LogP) is 14.1. The van der Waals surface area contributed by atoms with E-state index in [1.165, 1.54) is 25.7 Å². The molecule has 0 aliphatic carbocycles. The summed E-state index contributed by atoms with van der Waals surface area (Å²) in [5.41, 5.74) is 0.000000000000000222. The fourth-order valence-corrected chi connectivity index (χ4v) is 0.667. The van der Waals surface area contributed by atoms with Gasteiger partial charge in [0.15, 0.2) is 0 Å². The van der Waals surface area contributed by atoms with Crippen molar-refractivity contribution in [2.75, 3.05) is 0 Å². The monoisotopic (exact) mass is 2970 g/mol. The van der Waals surface area contributed by atoms with Gasteiger partial charge in [0.05, 0.1) is 0 Å². The summed E-state index contributed by atoms with van der Waals surface area (Å²) in [4.78, 5) is 0. The summed E-state index contributed by atoms with van der Waals surface area (Å²) in [6.45, 7) is 37.8. The first-order valence-corrected chi connectivity index (χ1v) is 10.3. The Kier molecular flexibility index (Phi) is 1810. The van der Waals surface area contributed by atoms with Crippen LogP contribution in [0, 0.1) is 105 Å². The fraction of sp³-hybridized carbons (Fsp3) is 0.636. The van der Waals surface area contributed by atoms with Crippen LogP contribution in [0.5, 0.6) is 0 Å². The van der Waals surface area contributed by atoms with E-state index in [1.807, 2.05) is 13.8 Å². The Morgan fingerprint density at radius 1 is 0.246 bits per heavy atom. The van der Waals surface area contributed by atoms with Crippen LogP contribution >= 0.6 is 0 Å². The molecule has 0 heterocycles. The average molecular weight is 2970 g/mol. The minimum Gasteiger partial charge on any atom is -0.366 e. The summed E-state index contributed by atoms with van der Waals surface area (Å²) in [6.07, 6.45) is 5.00. The molecule has 0 bridgehead atoms. The van der Waals surface area contributed by atoms with Gasteiger partial charge in [-0.05, 0) is 0 Å². The van der Waals surface area contributed by atoms with Crippen LogP contribution in [-0.4, -0.2) is 0 Å². The summed E-state index contributed by atoms with van der Waals surface area (Å²) >= 11 is 0. The molecule has 0 aromatic rings. The zero-order valence-electron chi connectivity index (χ0n) is 46.1. The van der Waals surface area contributed by atoms with Crippen molar-refractivity contribution in [2.45, 2.75) is 123 Å². The molecule has 0 saturated heterocycles. The zero-order valence-corrected chi connectivity index (χ0v) is 126. The van der Waals surface area contributed by atoms with Gasteiger partial charge in [-0.1, -0.05) is 134 Å². The molecule has 0 rings (SSSR count). The van der Waals surface area contributed by atoms with E-state index in [4.69, 9.17) is 0 Å². The molecule has 0 atom stereocenters. The van der Waals surface area contributed by atoms with E-state index in [2.05, 4.69) is 96.9 Å². The van der Waals surface area contributed by atoms with Crippen LogP contribution in [0.1, 0.15) is 123 Å². The molecule has 0 aromatic carbocycles. The van der Waals surface area contributed by atoms with Crippen molar-refractivity contribution in [1.82, 2.24) is 0 Å². The smallest absolute Gasteiger partial charge is 0.366 e. The van der Waals surface area contributed by atoms with Gasteiger partial charge in [-0.2, -0.15) is 0 Å². The normalized spacial score (nSPS) is 3.25. The Hall–Kier alpha value is 30.9. The van der Waals surface area contributed by atoms with Gasteiger partial charge in [0.25, 0.3) is 0 Å². The Labute approximate surface area is 1110 Å². The second-order valence-corrected chi connectivity index (χ2v) is 6.37. The molecule has 61 heavy (non-hydrogen) atoms. The summed E-state index contributed by atoms with van der Waals surface area (Å²) in [5, 5.41) is 0. The molecular weight excluding hydrogens is 2890 g/mol. The molecule has 26 radical (unpaired) electrons. The first kappa shape index (κ1) is 331. The van der Waals surface area contributed by atoms with Crippen molar-refractivity contribution < 1.29 is 916 Å². The third-order valence-electron chi connectivity index (χ3n) is 2.30. The first-order chi connectivity index (χ1) is 10.5. The van der Waals surface area contributed by atoms with Crippen molar-refractivity contribution in [3.8, 4) is 0 Å². The maximum Gasteiger partial charge on any atom is 3.00 e. The molecular formula is C33H86Y28-6. The SMILES string of the molecule is CC.CCC.CCC.CCC.CCC.[CH2-]C([CH2-])(C(C)C)C(C)C.[CH3-].[CH3-].[CH3-].[CH3-].[CH3-].[CH3-].[CH3-].[CH3-].[CH3-].[CH3-].[Y+3].[Y+3].[Y].[Y].[Y].[Y].[Y].[Y].[Y].[Y].[Y].[Y].[Y].[Y].[Y].[Y].[Y].[Y].[Y].[Y].[Y].[Y].[Y].[Y].[Y].[Y].[Y].[Y]. The van der Waals surface area contributed by atoms with Crippen molar-refractivity contribution >= 4 is 0 Å². The quantitative estimate of drug-likeness (QED) is 0.242. The van der Waals surface area contributed by atoms with Crippen LogP contribution in [0.2, 0.25) is 0 Å². The van der Waals surface area contributed by atoms with Crippen LogP contribution in [0.25, 0.3) is 0 Å². The largest absolute Gasteiger partial charge is 3.00 e. The van der Waals surface area contributed by atoms with Crippen LogP contribution in [0.3, 0.4) is 0 Å². The fourth-order valence-electron chi connectivity index (χ4n) is 0.667. The van der Waals surface area contributed by atoms with E-state index in [-0.39, 0.29) is 996 Å². The van der Waals surface area contributed by atoms with Gasteiger partial charge in [-0.15, -0.1) is 0 Å². The van der Waals surface area contributed by atoms with E-state index in [0.717, 1.165) is 0 Å². The van der Waals surface area contributed by atoms with Crippen LogP contribution in [0.4, 0.5) is 0 Å². The van der Waals surface area contributed by atoms with E-state index in [0.29, 0.717) is 11.8 Å². The van der Waals surface area contributed by atoms with Gasteiger partial charge >= 0.3 is 65.4 Å². The van der Waals surface area contributed by atoms with E-state index >= 15 is 0 Å². The van der Waals surface area contributed by atoms with E-state index in [9.17, 15) is 0 Å². The molecule has 0 aromatic heterocycles. The van der Waals surface area contributed by atoms with E-state index in [1.54, 1.807) is 0 Å². The Morgan fingerprint density at radius 2 is 0.279 bits per heavy atom. The molecule has 0 aliphatic rings. The van der Waals surface area contributed by atoms with Gasteiger partial charge in [-0.3, -0.25) is 5.41 Å². The second kappa shape index (κ2) is 334. The van der Waals surface area contributed by atoms with Crippen LogP contribution in [0.15, 0.2) is 0 Å². The van der Waals surface area contributed by atoms with Crippen molar-refractivity contribution in [3.63, 3.8) is 0 Å². The number of hydrogen-bond donors (Lipinski definition) is 0. The van der Waals surface area contributed by atoms with Gasteiger partial charge in [0, 0.05) is 850 Å². The predicted molar refractivity (Wildman–Crippen MR) is 182 cm³/mol. The molecule has 0 nitrogen and oxygen atoms in total. The van der Waals surface area contributed by atoms with Crippen molar-refractivity contribution in [2.24, 2.45) is 17.3 Å². The molecule has 0 N–H and O–H groups in total. The van der Waals surface area contributed by atoms with Crippen LogP contribution in [-0.2, 0) is 916 Å². The molecule has 0 amide bonds.